The van der Waals surface area contributed by atoms with E-state index in [1.807, 2.05) is 20.8 Å². The number of para-hydroxylation sites is 1. The van der Waals surface area contributed by atoms with E-state index in [1.165, 1.54) is 18.5 Å². The molecule has 1 aromatic heterocycles. The van der Waals surface area contributed by atoms with Crippen molar-refractivity contribution in [1.82, 2.24) is 14.8 Å². The first kappa shape index (κ1) is 21.0. The predicted molar refractivity (Wildman–Crippen MR) is 103 cm³/mol. The van der Waals surface area contributed by atoms with Crippen LogP contribution in [0.4, 0.5) is 4.39 Å². The molecule has 0 aliphatic carbocycles. The highest BCUT2D eigenvalue weighted by Crippen LogP contribution is 2.32. The molecule has 26 heavy (non-hydrogen) atoms. The summed E-state index contributed by atoms with van der Waals surface area (Å²) >= 11 is 10.3. The minimum atomic E-state index is -0.614. The lowest BCUT2D eigenvalue weighted by Crippen LogP contribution is -2.36. The number of hydrogen-bond donors (Lipinski definition) is 2. The third-order valence-corrected chi connectivity index (χ3v) is 4.80. The Balaban J connectivity index is 1.93. The fourth-order valence-corrected chi connectivity index (χ4v) is 3.19. The van der Waals surface area contributed by atoms with E-state index < -0.39 is 11.9 Å². The molecule has 0 saturated heterocycles. The van der Waals surface area contributed by atoms with Crippen LogP contribution in [-0.4, -0.2) is 32.6 Å². The number of nitrogens with zero attached hydrogens (tertiary/aromatic N) is 3. The van der Waals surface area contributed by atoms with Gasteiger partial charge in [-0.1, -0.05) is 38.4 Å². The molecule has 2 rings (SSSR count). The lowest BCUT2D eigenvalue weighted by atomic mass is 9.83. The largest absolute Gasteiger partial charge is 0.489 e. The van der Waals surface area contributed by atoms with Gasteiger partial charge < -0.3 is 9.84 Å². The molecule has 2 aromatic rings. The van der Waals surface area contributed by atoms with Crippen LogP contribution in [0, 0.1) is 11.2 Å². The fraction of sp³-hybridized carbons (Fsp3) is 0.556. The maximum atomic E-state index is 13.7. The van der Waals surface area contributed by atoms with Gasteiger partial charge in [0, 0.05) is 0 Å². The average Bonchev–Trinajstić information content (AvgIpc) is 2.97. The number of thiol groups is 1. The van der Waals surface area contributed by atoms with E-state index >= 15 is 0 Å². The molecule has 0 aliphatic rings. The number of aromatic nitrogens is 3. The summed E-state index contributed by atoms with van der Waals surface area (Å²) in [6.45, 7) is 6.26. The second kappa shape index (κ2) is 9.06. The van der Waals surface area contributed by atoms with Gasteiger partial charge in [-0.25, -0.2) is 14.1 Å². The van der Waals surface area contributed by atoms with Crippen molar-refractivity contribution in [3.05, 3.63) is 35.4 Å². The van der Waals surface area contributed by atoms with E-state index in [1.54, 1.807) is 10.7 Å². The Kier molecular flexibility index (Phi) is 7.32. The normalized spacial score (nSPS) is 14.3. The van der Waals surface area contributed by atoms with Crippen molar-refractivity contribution in [3.8, 4) is 5.75 Å². The van der Waals surface area contributed by atoms with Gasteiger partial charge >= 0.3 is 0 Å². The number of unbranched alkanes of at least 4 members (excludes halogenated alkanes) is 1. The van der Waals surface area contributed by atoms with E-state index in [9.17, 15) is 9.50 Å². The molecule has 0 saturated carbocycles. The molecule has 2 atom stereocenters. The molecule has 0 fully saturated rings. The van der Waals surface area contributed by atoms with Crippen LogP contribution in [0.2, 0.25) is 5.02 Å². The molecule has 2 unspecified atom stereocenters. The number of rotatable bonds is 8. The fourth-order valence-electron chi connectivity index (χ4n) is 2.72. The Labute approximate surface area is 163 Å². The summed E-state index contributed by atoms with van der Waals surface area (Å²) in [5.74, 6) is -0.393. The van der Waals surface area contributed by atoms with Gasteiger partial charge in [0.1, 0.15) is 6.33 Å². The van der Waals surface area contributed by atoms with Crippen molar-refractivity contribution in [2.45, 2.75) is 57.3 Å². The van der Waals surface area contributed by atoms with Crippen LogP contribution in [0.15, 0.2) is 29.7 Å². The zero-order valence-electron chi connectivity index (χ0n) is 15.2. The van der Waals surface area contributed by atoms with Gasteiger partial charge in [0.05, 0.1) is 23.8 Å². The average molecular weight is 402 g/mol. The molecule has 1 N–H and O–H groups in total. The molecule has 144 valence electrons. The molecule has 0 bridgehead atoms. The maximum absolute atomic E-state index is 13.7. The van der Waals surface area contributed by atoms with Crippen LogP contribution in [0.25, 0.3) is 0 Å². The molecule has 1 heterocycles. The molecule has 1 aromatic carbocycles. The lowest BCUT2D eigenvalue weighted by Gasteiger charge is -2.33. The predicted octanol–water partition coefficient (Wildman–Crippen LogP) is 4.56. The van der Waals surface area contributed by atoms with Crippen LogP contribution in [-0.2, 0) is 0 Å². The summed E-state index contributed by atoms with van der Waals surface area (Å²) in [4.78, 5) is 4.03. The van der Waals surface area contributed by atoms with Crippen molar-refractivity contribution in [2.75, 3.05) is 6.61 Å². The number of aliphatic hydroxyl groups excluding tert-OH is 1. The first-order valence-electron chi connectivity index (χ1n) is 8.55. The van der Waals surface area contributed by atoms with Crippen LogP contribution in [0.1, 0.15) is 46.1 Å². The van der Waals surface area contributed by atoms with Gasteiger partial charge in [-0.15, -0.1) is 12.6 Å². The van der Waals surface area contributed by atoms with Gasteiger partial charge in [0.2, 0.25) is 0 Å². The molecular formula is C18H25ClFN3O2S. The van der Waals surface area contributed by atoms with Crippen molar-refractivity contribution >= 4 is 24.2 Å². The van der Waals surface area contributed by atoms with Crippen molar-refractivity contribution < 1.29 is 14.2 Å². The van der Waals surface area contributed by atoms with E-state index in [4.69, 9.17) is 16.3 Å². The number of aliphatic hydroxyl groups is 1. The monoisotopic (exact) mass is 401 g/mol. The van der Waals surface area contributed by atoms with Gasteiger partial charge in [0.15, 0.2) is 16.7 Å². The molecule has 8 heteroatoms. The molecule has 0 spiro atoms. The summed E-state index contributed by atoms with van der Waals surface area (Å²) in [5, 5.41) is 15.6. The van der Waals surface area contributed by atoms with Crippen molar-refractivity contribution in [2.24, 2.45) is 5.41 Å². The minimum Gasteiger partial charge on any atom is -0.489 e. The first-order chi connectivity index (χ1) is 12.2. The highest BCUT2D eigenvalue weighted by atomic mass is 35.5. The summed E-state index contributed by atoms with van der Waals surface area (Å²) < 4.78 is 20.8. The highest BCUT2D eigenvalue weighted by molar-refractivity contribution is 7.80. The first-order valence-corrected chi connectivity index (χ1v) is 9.37. The van der Waals surface area contributed by atoms with Gasteiger partial charge in [0.25, 0.3) is 0 Å². The second-order valence-corrected chi connectivity index (χ2v) is 8.09. The van der Waals surface area contributed by atoms with Crippen molar-refractivity contribution in [1.29, 1.82) is 0 Å². The van der Waals surface area contributed by atoms with Crippen LogP contribution < -0.4 is 4.74 Å². The minimum absolute atomic E-state index is 0.0781. The number of halogens is 2. The Hall–Kier alpha value is -1.31. The summed E-state index contributed by atoms with van der Waals surface area (Å²) in [6, 6.07) is 4.20. The van der Waals surface area contributed by atoms with E-state index in [-0.39, 0.29) is 22.2 Å². The maximum Gasteiger partial charge on any atom is 0.183 e. The Morgan fingerprint density at radius 1 is 1.35 bits per heavy atom. The summed E-state index contributed by atoms with van der Waals surface area (Å²) in [5.41, 5.74) is -0.311. The Morgan fingerprint density at radius 2 is 2.08 bits per heavy atom. The van der Waals surface area contributed by atoms with E-state index in [2.05, 4.69) is 22.7 Å². The molecule has 5 nitrogen and oxygen atoms in total. The molecule has 0 radical (unpaired) electrons. The topological polar surface area (TPSA) is 60.2 Å². The molecule has 0 aliphatic heterocycles. The third kappa shape index (κ3) is 5.34. The third-order valence-electron chi connectivity index (χ3n) is 4.18. The quantitative estimate of drug-likeness (QED) is 0.503. The summed E-state index contributed by atoms with van der Waals surface area (Å²) in [6.07, 6.45) is 2.93. The van der Waals surface area contributed by atoms with E-state index in [0.29, 0.717) is 24.6 Å². The van der Waals surface area contributed by atoms with Gasteiger partial charge in [-0.3, -0.25) is 0 Å². The zero-order valence-corrected chi connectivity index (χ0v) is 16.8. The van der Waals surface area contributed by atoms with Gasteiger partial charge in [-0.2, -0.15) is 5.10 Å². The van der Waals surface area contributed by atoms with Crippen LogP contribution in [0.3, 0.4) is 0 Å². The number of ether oxygens (including phenoxy) is 1. The summed E-state index contributed by atoms with van der Waals surface area (Å²) in [7, 11) is 0. The number of hydrogen-bond acceptors (Lipinski definition) is 5. The molecule has 0 amide bonds. The molecular weight excluding hydrogens is 377 g/mol. The zero-order chi connectivity index (χ0) is 19.3. The van der Waals surface area contributed by atoms with Crippen molar-refractivity contribution in [3.63, 3.8) is 0 Å². The second-order valence-electron chi connectivity index (χ2n) is 7.28. The van der Waals surface area contributed by atoms with Crippen LogP contribution in [0.5, 0.6) is 5.75 Å². The lowest BCUT2D eigenvalue weighted by molar-refractivity contribution is 0.00512. The van der Waals surface area contributed by atoms with Gasteiger partial charge in [-0.05, 0) is 36.8 Å². The van der Waals surface area contributed by atoms with Crippen LogP contribution >= 0.6 is 24.2 Å². The number of benzene rings is 1. The Bertz CT molecular complexity index is 700. The Morgan fingerprint density at radius 3 is 2.65 bits per heavy atom. The highest BCUT2D eigenvalue weighted by Gasteiger charge is 2.32. The smallest absolute Gasteiger partial charge is 0.183 e. The standard InChI is InChI=1S/C18H25ClFN3O2S/c1-18(2,3)16(24)14(23-17(26)21-11-22-23)9-4-5-10-25-15-12(19)7-6-8-13(15)20/h6-8,11,14,16,24H,4-5,9-10H2,1-3H3,(H,21,22,26). The SMILES string of the molecule is CC(C)(C)C(O)C(CCCCOc1c(F)cccc1Cl)n1ncnc1S. The van der Waals surface area contributed by atoms with E-state index in [0.717, 1.165) is 6.42 Å².